The molecule has 2 heteroatoms. The molecule has 0 spiro atoms. The van der Waals surface area contributed by atoms with E-state index in [0.29, 0.717) is 11.9 Å². The van der Waals surface area contributed by atoms with Crippen LogP contribution in [0.25, 0.3) is 0 Å². The van der Waals surface area contributed by atoms with Crippen LogP contribution in [0.4, 0.5) is 17.1 Å². The van der Waals surface area contributed by atoms with Crippen LogP contribution in [-0.4, -0.2) is 6.98 Å². The minimum Gasteiger partial charge on any atom is -0.346 e. The van der Waals surface area contributed by atoms with Crippen LogP contribution in [0.1, 0.15) is 9.68 Å². The number of fused-ring (bicyclic) bond motifs is 1. The standard InChI is InChI=1S/C16H16N2/c1-12-8-4-5-9-14(12)18-13(2)17(3)15-10-6-7-11-16(15)18/h4-11H,2H2,1,3H3/i3D3. The molecule has 0 N–H and O–H groups in total. The fourth-order valence-corrected chi connectivity index (χ4v) is 2.30. The van der Waals surface area contributed by atoms with E-state index >= 15 is 0 Å². The first-order valence-electron chi connectivity index (χ1n) is 7.35. The third-order valence-electron chi connectivity index (χ3n) is 3.24. The molecule has 0 aromatic heterocycles. The van der Waals surface area contributed by atoms with Crippen molar-refractivity contribution < 1.29 is 4.11 Å². The second-order valence-corrected chi connectivity index (χ2v) is 4.36. The Bertz CT molecular complexity index is 667. The molecular formula is C16H16N2. The van der Waals surface area contributed by atoms with Gasteiger partial charge in [-0.3, -0.25) is 0 Å². The second-order valence-electron chi connectivity index (χ2n) is 4.36. The monoisotopic (exact) mass is 239 g/mol. The maximum absolute atomic E-state index is 7.77. The minimum absolute atomic E-state index is 0.450. The lowest BCUT2D eigenvalue weighted by Gasteiger charge is -2.27. The number of anilines is 3. The first-order valence-corrected chi connectivity index (χ1v) is 5.85. The largest absolute Gasteiger partial charge is 0.346 e. The van der Waals surface area contributed by atoms with Crippen LogP contribution in [0.2, 0.25) is 0 Å². The number of benzene rings is 2. The molecular weight excluding hydrogens is 220 g/mol. The van der Waals surface area contributed by atoms with Crippen molar-refractivity contribution >= 4 is 17.1 Å². The van der Waals surface area contributed by atoms with Crippen molar-refractivity contribution in [3.8, 4) is 0 Å². The average molecular weight is 239 g/mol. The summed E-state index contributed by atoms with van der Waals surface area (Å²) in [7, 11) is 0. The van der Waals surface area contributed by atoms with Crippen LogP contribution in [0, 0.1) is 20.0 Å². The molecule has 1 heterocycles. The lowest BCUT2D eigenvalue weighted by molar-refractivity contribution is 0.962. The van der Waals surface area contributed by atoms with Gasteiger partial charge >= 0.3 is 0 Å². The summed E-state index contributed by atoms with van der Waals surface area (Å²) in [6.45, 7) is 3.75. The highest BCUT2D eigenvalue weighted by Crippen LogP contribution is 2.46. The second kappa shape index (κ2) is 4.05. The third-order valence-corrected chi connectivity index (χ3v) is 3.24. The van der Waals surface area contributed by atoms with Gasteiger partial charge in [0.1, 0.15) is 0 Å². The van der Waals surface area contributed by atoms with Gasteiger partial charge in [-0.05, 0) is 37.6 Å². The van der Waals surface area contributed by atoms with Crippen molar-refractivity contribution in [2.24, 2.45) is 0 Å². The van der Waals surface area contributed by atoms with Gasteiger partial charge in [-0.25, -0.2) is 0 Å². The third kappa shape index (κ3) is 1.49. The van der Waals surface area contributed by atoms with Crippen LogP contribution in [0.15, 0.2) is 48.5 Å². The Labute approximate surface area is 113 Å². The van der Waals surface area contributed by atoms with Gasteiger partial charge in [0.15, 0.2) is 6.17 Å². The normalized spacial score (nSPS) is 18.2. The summed E-state index contributed by atoms with van der Waals surface area (Å²) < 4.78 is 23.3. The SMILES string of the molecule is [2H]C([2H])([2H])N1[C]([CH2])N(c2ccccc2C)c2ccccc21. The molecule has 0 atom stereocenters. The van der Waals surface area contributed by atoms with E-state index in [4.69, 9.17) is 4.11 Å². The number of rotatable bonds is 1. The summed E-state index contributed by atoms with van der Waals surface area (Å²) in [6.07, 6.45) is 0.450. The fourth-order valence-electron chi connectivity index (χ4n) is 2.30. The Morgan fingerprint density at radius 1 is 0.944 bits per heavy atom. The summed E-state index contributed by atoms with van der Waals surface area (Å²) in [4.78, 5) is 3.21. The van der Waals surface area contributed by atoms with Crippen LogP contribution >= 0.6 is 0 Å². The van der Waals surface area contributed by atoms with E-state index in [-0.39, 0.29) is 0 Å². The zero-order valence-electron chi connectivity index (χ0n) is 13.2. The van der Waals surface area contributed by atoms with Crippen molar-refractivity contribution in [1.29, 1.82) is 0 Å². The predicted octanol–water partition coefficient (Wildman–Crippen LogP) is 3.91. The highest BCUT2D eigenvalue weighted by atomic mass is 15.4. The summed E-state index contributed by atoms with van der Waals surface area (Å²) >= 11 is 0. The zero-order chi connectivity index (χ0) is 15.2. The summed E-state index contributed by atoms with van der Waals surface area (Å²) in [5, 5.41) is 0. The molecule has 0 saturated heterocycles. The number of aryl methyl sites for hydroxylation is 1. The van der Waals surface area contributed by atoms with Gasteiger partial charge in [0.25, 0.3) is 0 Å². The van der Waals surface area contributed by atoms with Crippen LogP contribution < -0.4 is 9.80 Å². The minimum atomic E-state index is -2.26. The van der Waals surface area contributed by atoms with Gasteiger partial charge in [0.05, 0.1) is 11.4 Å². The van der Waals surface area contributed by atoms with E-state index in [1.54, 1.807) is 0 Å². The van der Waals surface area contributed by atoms with E-state index in [9.17, 15) is 0 Å². The van der Waals surface area contributed by atoms with E-state index in [0.717, 1.165) is 16.9 Å². The van der Waals surface area contributed by atoms with Crippen molar-refractivity contribution in [2.45, 2.75) is 6.92 Å². The van der Waals surface area contributed by atoms with E-state index in [1.165, 1.54) is 4.90 Å². The van der Waals surface area contributed by atoms with Gasteiger partial charge in [-0.15, -0.1) is 0 Å². The van der Waals surface area contributed by atoms with Crippen molar-refractivity contribution in [1.82, 2.24) is 0 Å². The molecule has 2 aromatic rings. The van der Waals surface area contributed by atoms with Crippen LogP contribution in [0.3, 0.4) is 0 Å². The Morgan fingerprint density at radius 2 is 1.56 bits per heavy atom. The van der Waals surface area contributed by atoms with Gasteiger partial charge in [0, 0.05) is 16.8 Å². The van der Waals surface area contributed by atoms with Gasteiger partial charge in [0.2, 0.25) is 0 Å². The smallest absolute Gasteiger partial charge is 0.160 e. The summed E-state index contributed by atoms with van der Waals surface area (Å²) in [5.41, 5.74) is 3.52. The average Bonchev–Trinajstić information content (AvgIpc) is 2.71. The molecule has 0 amide bonds. The predicted molar refractivity (Wildman–Crippen MR) is 76.8 cm³/mol. The first kappa shape index (κ1) is 8.20. The highest BCUT2D eigenvalue weighted by molar-refractivity contribution is 5.87. The van der Waals surface area contributed by atoms with Crippen molar-refractivity contribution in [3.63, 3.8) is 0 Å². The number of hydrogen-bond donors (Lipinski definition) is 0. The van der Waals surface area contributed by atoms with E-state index < -0.39 is 6.98 Å². The molecule has 18 heavy (non-hydrogen) atoms. The molecule has 0 aliphatic carbocycles. The van der Waals surface area contributed by atoms with Gasteiger partial charge < -0.3 is 9.80 Å². The first-order chi connectivity index (χ1) is 9.91. The lowest BCUT2D eigenvalue weighted by atomic mass is 10.1. The van der Waals surface area contributed by atoms with E-state index in [2.05, 4.69) is 6.92 Å². The maximum atomic E-state index is 7.77. The molecule has 0 saturated carbocycles. The molecule has 0 unspecified atom stereocenters. The maximum Gasteiger partial charge on any atom is 0.160 e. The van der Waals surface area contributed by atoms with Gasteiger partial charge in [-0.1, -0.05) is 30.3 Å². The summed E-state index contributed by atoms with van der Waals surface area (Å²) in [5.74, 6) is 0. The van der Waals surface area contributed by atoms with Crippen LogP contribution in [0.5, 0.6) is 0 Å². The Kier molecular flexibility index (Phi) is 1.85. The number of hydrogen-bond acceptors (Lipinski definition) is 2. The fraction of sp³-hybridized carbons (Fsp3) is 0.125. The number of para-hydroxylation sites is 3. The van der Waals surface area contributed by atoms with Crippen molar-refractivity contribution in [2.75, 3.05) is 16.8 Å². The number of nitrogens with zero attached hydrogens (tertiary/aromatic N) is 2. The molecule has 90 valence electrons. The Hall–Kier alpha value is -1.96. The Morgan fingerprint density at radius 3 is 2.22 bits per heavy atom. The van der Waals surface area contributed by atoms with Gasteiger partial charge in [-0.2, -0.15) is 0 Å². The molecule has 1 aliphatic rings. The lowest BCUT2D eigenvalue weighted by Crippen LogP contribution is -2.28. The topological polar surface area (TPSA) is 6.48 Å². The summed E-state index contributed by atoms with van der Waals surface area (Å²) in [6, 6.07) is 15.3. The molecule has 1 aliphatic heterocycles. The highest BCUT2D eigenvalue weighted by Gasteiger charge is 2.32. The molecule has 0 bridgehead atoms. The Balaban J connectivity index is 2.18. The van der Waals surface area contributed by atoms with E-state index in [1.807, 2.05) is 60.4 Å². The quantitative estimate of drug-likeness (QED) is 0.744. The molecule has 0 fully saturated rings. The van der Waals surface area contributed by atoms with Crippen LogP contribution in [-0.2, 0) is 0 Å². The molecule has 3 rings (SSSR count). The molecule has 2 radical (unpaired) electrons. The molecule has 2 nitrogen and oxygen atoms in total. The zero-order valence-corrected chi connectivity index (χ0v) is 10.2. The molecule has 2 aromatic carbocycles. The van der Waals surface area contributed by atoms with Crippen molar-refractivity contribution in [3.05, 3.63) is 67.2 Å².